The number of anilines is 2. The molecular formula is C15H17N5O2. The van der Waals surface area contributed by atoms with Gasteiger partial charge in [-0.25, -0.2) is 5.10 Å². The topological polar surface area (TPSA) is 91.0 Å². The van der Waals surface area contributed by atoms with E-state index in [0.29, 0.717) is 12.5 Å². The fourth-order valence-corrected chi connectivity index (χ4v) is 2.67. The van der Waals surface area contributed by atoms with E-state index in [1.165, 1.54) is 6.33 Å². The van der Waals surface area contributed by atoms with Crippen molar-refractivity contribution in [1.82, 2.24) is 15.2 Å². The predicted molar refractivity (Wildman–Crippen MR) is 81.3 cm³/mol. The summed E-state index contributed by atoms with van der Waals surface area (Å²) in [6.07, 6.45) is 2.37. The first kappa shape index (κ1) is 14.2. The predicted octanol–water partition coefficient (Wildman–Crippen LogP) is 1.36. The lowest BCUT2D eigenvalue weighted by Gasteiger charge is -2.19. The molecule has 2 aromatic rings. The molecule has 3 rings (SSSR count). The molecule has 1 fully saturated rings. The maximum Gasteiger partial charge on any atom is 0.232 e. The molecular weight excluding hydrogens is 282 g/mol. The number of rotatable bonds is 4. The molecule has 0 spiro atoms. The highest BCUT2D eigenvalue weighted by atomic mass is 16.2. The molecule has 0 radical (unpaired) electrons. The van der Waals surface area contributed by atoms with Gasteiger partial charge in [0, 0.05) is 18.7 Å². The number of carbonyl (C=O) groups is 2. The Morgan fingerprint density at radius 2 is 2.27 bits per heavy atom. The van der Waals surface area contributed by atoms with Gasteiger partial charge in [0.2, 0.25) is 17.8 Å². The number of aromatic nitrogens is 3. The molecule has 2 amide bonds. The number of aromatic amines is 1. The summed E-state index contributed by atoms with van der Waals surface area (Å²) in [5.41, 5.74) is 2.00. The minimum atomic E-state index is -0.387. The monoisotopic (exact) mass is 299 g/mol. The van der Waals surface area contributed by atoms with E-state index in [1.807, 2.05) is 31.2 Å². The van der Waals surface area contributed by atoms with Crippen molar-refractivity contribution in [1.29, 1.82) is 0 Å². The lowest BCUT2D eigenvalue weighted by molar-refractivity contribution is -0.122. The molecule has 0 unspecified atom stereocenters. The molecule has 1 saturated heterocycles. The molecule has 1 atom stereocenters. The third-order valence-corrected chi connectivity index (χ3v) is 3.82. The maximum atomic E-state index is 12.3. The van der Waals surface area contributed by atoms with Gasteiger partial charge in [-0.05, 0) is 18.1 Å². The van der Waals surface area contributed by atoms with Crippen LogP contribution in [0.2, 0.25) is 0 Å². The first-order valence-electron chi connectivity index (χ1n) is 7.23. The Hall–Kier alpha value is -2.70. The zero-order valence-electron chi connectivity index (χ0n) is 12.2. The van der Waals surface area contributed by atoms with Crippen molar-refractivity contribution >= 4 is 23.5 Å². The van der Waals surface area contributed by atoms with E-state index in [9.17, 15) is 9.59 Å². The van der Waals surface area contributed by atoms with Crippen molar-refractivity contribution in [2.45, 2.75) is 19.8 Å². The van der Waals surface area contributed by atoms with Gasteiger partial charge in [0.25, 0.3) is 0 Å². The van der Waals surface area contributed by atoms with Crippen LogP contribution in [-0.4, -0.2) is 33.5 Å². The fourth-order valence-electron chi connectivity index (χ4n) is 2.67. The molecule has 0 aliphatic carbocycles. The van der Waals surface area contributed by atoms with Crippen LogP contribution in [0.3, 0.4) is 0 Å². The second kappa shape index (κ2) is 5.97. The van der Waals surface area contributed by atoms with Gasteiger partial charge >= 0.3 is 0 Å². The summed E-state index contributed by atoms with van der Waals surface area (Å²) >= 11 is 0. The van der Waals surface area contributed by atoms with Crippen LogP contribution in [0.1, 0.15) is 18.9 Å². The standard InChI is InChI=1S/C15H17N5O2/c1-2-10-5-3-4-6-12(10)20-8-11(7-13(20)21)14(22)18-15-16-9-17-19-15/h3-6,9,11H,2,7-8H2,1H3,(H2,16,17,18,19,22)/t11-/m1/s1. The minimum absolute atomic E-state index is 0.0291. The van der Waals surface area contributed by atoms with Crippen LogP contribution in [0, 0.1) is 5.92 Å². The molecule has 2 heterocycles. The van der Waals surface area contributed by atoms with Crippen molar-refractivity contribution < 1.29 is 9.59 Å². The van der Waals surface area contributed by atoms with E-state index >= 15 is 0 Å². The Bertz CT molecular complexity index is 683. The summed E-state index contributed by atoms with van der Waals surface area (Å²) in [4.78, 5) is 30.0. The Balaban J connectivity index is 1.74. The Morgan fingerprint density at radius 3 is 3.00 bits per heavy atom. The first-order valence-corrected chi connectivity index (χ1v) is 7.23. The van der Waals surface area contributed by atoms with Gasteiger partial charge in [0.1, 0.15) is 6.33 Å². The molecule has 1 aliphatic rings. The third-order valence-electron chi connectivity index (χ3n) is 3.82. The number of carbonyl (C=O) groups excluding carboxylic acids is 2. The average Bonchev–Trinajstić information content (AvgIpc) is 3.16. The van der Waals surface area contributed by atoms with Crippen LogP contribution in [0.25, 0.3) is 0 Å². The van der Waals surface area contributed by atoms with Crippen LogP contribution < -0.4 is 10.2 Å². The highest BCUT2D eigenvalue weighted by molar-refractivity contribution is 6.03. The molecule has 22 heavy (non-hydrogen) atoms. The van der Waals surface area contributed by atoms with Crippen molar-refractivity contribution in [3.05, 3.63) is 36.2 Å². The van der Waals surface area contributed by atoms with E-state index in [0.717, 1.165) is 17.7 Å². The number of nitrogens with one attached hydrogen (secondary N) is 2. The van der Waals surface area contributed by atoms with Crippen LogP contribution in [0.15, 0.2) is 30.6 Å². The van der Waals surface area contributed by atoms with E-state index in [-0.39, 0.29) is 24.2 Å². The lowest BCUT2D eigenvalue weighted by atomic mass is 10.1. The second-order valence-electron chi connectivity index (χ2n) is 5.21. The SMILES string of the molecule is CCc1ccccc1N1C[C@H](C(=O)Nc2ncn[nH]2)CC1=O. The summed E-state index contributed by atoms with van der Waals surface area (Å²) in [6.45, 7) is 2.43. The molecule has 2 N–H and O–H groups in total. The minimum Gasteiger partial charge on any atom is -0.311 e. The third kappa shape index (κ3) is 2.69. The van der Waals surface area contributed by atoms with Gasteiger partial charge in [0.05, 0.1) is 5.92 Å². The van der Waals surface area contributed by atoms with Crippen LogP contribution in [0.4, 0.5) is 11.6 Å². The number of hydrogen-bond acceptors (Lipinski definition) is 4. The average molecular weight is 299 g/mol. The number of amides is 2. The smallest absolute Gasteiger partial charge is 0.232 e. The van der Waals surface area contributed by atoms with Gasteiger partial charge in [0.15, 0.2) is 0 Å². The van der Waals surface area contributed by atoms with Crippen molar-refractivity contribution in [3.8, 4) is 0 Å². The molecule has 1 aromatic carbocycles. The first-order chi connectivity index (χ1) is 10.7. The van der Waals surface area contributed by atoms with Crippen molar-refractivity contribution in [2.75, 3.05) is 16.8 Å². The van der Waals surface area contributed by atoms with Crippen molar-refractivity contribution in [3.63, 3.8) is 0 Å². The zero-order valence-corrected chi connectivity index (χ0v) is 12.2. The molecule has 7 nitrogen and oxygen atoms in total. The quantitative estimate of drug-likeness (QED) is 0.891. The highest BCUT2D eigenvalue weighted by Gasteiger charge is 2.36. The summed E-state index contributed by atoms with van der Waals surface area (Å²) in [5, 5.41) is 8.88. The summed E-state index contributed by atoms with van der Waals surface area (Å²) in [7, 11) is 0. The molecule has 1 aromatic heterocycles. The molecule has 1 aliphatic heterocycles. The zero-order chi connectivity index (χ0) is 15.5. The molecule has 0 bridgehead atoms. The van der Waals surface area contributed by atoms with E-state index in [2.05, 4.69) is 20.5 Å². The summed E-state index contributed by atoms with van der Waals surface area (Å²) in [5.74, 6) is -0.340. The van der Waals surface area contributed by atoms with Gasteiger partial charge < -0.3 is 4.90 Å². The van der Waals surface area contributed by atoms with Gasteiger partial charge in [-0.2, -0.15) is 10.1 Å². The normalized spacial score (nSPS) is 17.8. The molecule has 7 heteroatoms. The number of H-pyrrole nitrogens is 1. The largest absolute Gasteiger partial charge is 0.311 e. The summed E-state index contributed by atoms with van der Waals surface area (Å²) < 4.78 is 0. The van der Waals surface area contributed by atoms with Gasteiger partial charge in [-0.3, -0.25) is 14.9 Å². The van der Waals surface area contributed by atoms with Crippen molar-refractivity contribution in [2.24, 2.45) is 5.92 Å². The Morgan fingerprint density at radius 1 is 1.45 bits per heavy atom. The summed E-state index contributed by atoms with van der Waals surface area (Å²) in [6, 6.07) is 7.79. The van der Waals surface area contributed by atoms with E-state index in [1.54, 1.807) is 4.90 Å². The fraction of sp³-hybridized carbons (Fsp3) is 0.333. The second-order valence-corrected chi connectivity index (χ2v) is 5.21. The number of aryl methyl sites for hydroxylation is 1. The number of hydrogen-bond donors (Lipinski definition) is 2. The molecule has 0 saturated carbocycles. The van der Waals surface area contributed by atoms with Gasteiger partial charge in [-0.1, -0.05) is 25.1 Å². The lowest BCUT2D eigenvalue weighted by Crippen LogP contribution is -2.29. The van der Waals surface area contributed by atoms with Crippen LogP contribution in [-0.2, 0) is 16.0 Å². The van der Waals surface area contributed by atoms with E-state index < -0.39 is 0 Å². The Kier molecular flexibility index (Phi) is 3.86. The van der Waals surface area contributed by atoms with Gasteiger partial charge in [-0.15, -0.1) is 0 Å². The Labute approximate surface area is 127 Å². The van der Waals surface area contributed by atoms with E-state index in [4.69, 9.17) is 0 Å². The number of nitrogens with zero attached hydrogens (tertiary/aromatic N) is 3. The van der Waals surface area contributed by atoms with Crippen LogP contribution in [0.5, 0.6) is 0 Å². The molecule has 114 valence electrons. The van der Waals surface area contributed by atoms with Crippen LogP contribution >= 0.6 is 0 Å². The number of para-hydroxylation sites is 1. The highest BCUT2D eigenvalue weighted by Crippen LogP contribution is 2.28. The number of benzene rings is 1. The maximum absolute atomic E-state index is 12.3.